The van der Waals surface area contributed by atoms with Gasteiger partial charge in [0.15, 0.2) is 14.6 Å². The Bertz CT molecular complexity index is 1230. The number of esters is 2. The van der Waals surface area contributed by atoms with Crippen LogP contribution in [0.5, 0.6) is 0 Å². The summed E-state index contributed by atoms with van der Waals surface area (Å²) in [6.45, 7) is 10.00. The maximum atomic E-state index is 13.9. The highest BCUT2D eigenvalue weighted by molar-refractivity contribution is 7.95. The van der Waals surface area contributed by atoms with E-state index in [2.05, 4.69) is 5.32 Å². The van der Waals surface area contributed by atoms with Crippen LogP contribution in [0.25, 0.3) is 0 Å². The zero-order valence-corrected chi connectivity index (χ0v) is 24.9. The monoisotopic (exact) mass is 574 g/mol. The first kappa shape index (κ1) is 33.0. The first-order valence-electron chi connectivity index (χ1n) is 13.4. The van der Waals surface area contributed by atoms with Crippen LogP contribution < -0.4 is 11.1 Å². The van der Waals surface area contributed by atoms with E-state index >= 15 is 0 Å². The average molecular weight is 575 g/mol. The van der Waals surface area contributed by atoms with Crippen molar-refractivity contribution >= 4 is 27.7 Å². The van der Waals surface area contributed by atoms with Crippen molar-refractivity contribution in [3.63, 3.8) is 0 Å². The standard InChI is InChI=1S/C30H42N2O7S/c1-7-17-38-28(35)30(40(36,37)29(4,5)6)16-12-11-15-23(30)19-24(31)26(33)32-25(18-21(2)3)27(34)39-20-22-13-9-8-10-14-22/h7-17,21,23-25H,18-20,31H2,1-6H3,(H,32,33)/t23?,24-,25-,30?/m0/s1. The summed E-state index contributed by atoms with van der Waals surface area (Å²) in [4.78, 5) is 39.5. The molecule has 1 amide bonds. The van der Waals surface area contributed by atoms with Crippen LogP contribution in [-0.2, 0) is 40.3 Å². The van der Waals surface area contributed by atoms with Crippen LogP contribution in [0.2, 0.25) is 0 Å². The maximum Gasteiger partial charge on any atom is 0.336 e. The Balaban J connectivity index is 2.29. The van der Waals surface area contributed by atoms with Gasteiger partial charge in [-0.3, -0.25) is 4.79 Å². The van der Waals surface area contributed by atoms with Gasteiger partial charge in [-0.15, -0.1) is 0 Å². The smallest absolute Gasteiger partial charge is 0.336 e. The SMILES string of the molecule is CC=COC(=O)C1(S(=O)(=O)C(C)(C)C)C=CC=CC1C[C@H](N)C(=O)N[C@@H](CC(C)C)C(=O)OCc1ccccc1. The number of sulfone groups is 1. The first-order valence-corrected chi connectivity index (χ1v) is 14.8. The lowest BCUT2D eigenvalue weighted by molar-refractivity contribution is -0.149. The van der Waals surface area contributed by atoms with E-state index in [4.69, 9.17) is 15.2 Å². The summed E-state index contributed by atoms with van der Waals surface area (Å²) in [7, 11) is -4.21. The van der Waals surface area contributed by atoms with E-state index in [0.717, 1.165) is 11.8 Å². The van der Waals surface area contributed by atoms with Crippen LogP contribution in [0.1, 0.15) is 59.9 Å². The number of ether oxygens (including phenoxy) is 2. The molecular weight excluding hydrogens is 532 g/mol. The second-order valence-corrected chi connectivity index (χ2v) is 14.2. The van der Waals surface area contributed by atoms with Crippen LogP contribution in [0, 0.1) is 11.8 Å². The largest absolute Gasteiger partial charge is 0.459 e. The van der Waals surface area contributed by atoms with Crippen LogP contribution in [0.15, 0.2) is 67.0 Å². The highest BCUT2D eigenvalue weighted by atomic mass is 32.2. The van der Waals surface area contributed by atoms with E-state index in [1.54, 1.807) is 19.1 Å². The number of amides is 1. The molecule has 0 aliphatic heterocycles. The Morgan fingerprint density at radius 2 is 1.77 bits per heavy atom. The number of hydrogen-bond acceptors (Lipinski definition) is 8. The van der Waals surface area contributed by atoms with Crippen molar-refractivity contribution in [3.05, 3.63) is 72.5 Å². The molecule has 2 unspecified atom stereocenters. The molecule has 0 saturated carbocycles. The zero-order chi connectivity index (χ0) is 30.1. The third kappa shape index (κ3) is 7.69. The number of allylic oxidation sites excluding steroid dienone is 4. The van der Waals surface area contributed by atoms with Gasteiger partial charge in [-0.2, -0.15) is 0 Å². The normalized spacial score (nSPS) is 20.8. The summed E-state index contributed by atoms with van der Waals surface area (Å²) >= 11 is 0. The van der Waals surface area contributed by atoms with E-state index in [-0.39, 0.29) is 18.9 Å². The van der Waals surface area contributed by atoms with Crippen molar-refractivity contribution < 1.29 is 32.3 Å². The maximum absolute atomic E-state index is 13.9. The van der Waals surface area contributed by atoms with Crippen LogP contribution in [0.4, 0.5) is 0 Å². The number of nitrogens with two attached hydrogens (primary N) is 1. The van der Waals surface area contributed by atoms with E-state index in [9.17, 15) is 22.8 Å². The Kier molecular flexibility index (Phi) is 11.5. The van der Waals surface area contributed by atoms with Gasteiger partial charge in [-0.1, -0.05) is 74.6 Å². The molecule has 220 valence electrons. The van der Waals surface area contributed by atoms with Crippen LogP contribution in [-0.4, -0.2) is 47.8 Å². The molecule has 2 rings (SSSR count). The van der Waals surface area contributed by atoms with Gasteiger partial charge in [0.25, 0.3) is 0 Å². The number of carbonyl (C=O) groups is 3. The molecule has 1 aliphatic carbocycles. The van der Waals surface area contributed by atoms with Crippen molar-refractivity contribution in [1.29, 1.82) is 0 Å². The summed E-state index contributed by atoms with van der Waals surface area (Å²) in [6, 6.07) is 6.98. The summed E-state index contributed by atoms with van der Waals surface area (Å²) in [5, 5.41) is 2.68. The van der Waals surface area contributed by atoms with Gasteiger partial charge in [0, 0.05) is 5.92 Å². The minimum absolute atomic E-state index is 0.0525. The van der Waals surface area contributed by atoms with Gasteiger partial charge in [0.2, 0.25) is 5.91 Å². The Morgan fingerprint density at radius 3 is 2.35 bits per heavy atom. The number of hydrogen-bond donors (Lipinski definition) is 2. The topological polar surface area (TPSA) is 142 Å². The molecular formula is C30H42N2O7S. The van der Waals surface area contributed by atoms with Gasteiger partial charge in [0.1, 0.15) is 12.6 Å². The fourth-order valence-electron chi connectivity index (χ4n) is 4.44. The molecule has 1 aromatic carbocycles. The summed E-state index contributed by atoms with van der Waals surface area (Å²) in [6.07, 6.45) is 8.65. The Labute approximate surface area is 237 Å². The summed E-state index contributed by atoms with van der Waals surface area (Å²) < 4.78 is 34.9. The molecule has 1 aromatic rings. The molecule has 3 N–H and O–H groups in total. The van der Waals surface area contributed by atoms with Gasteiger partial charge < -0.3 is 20.5 Å². The average Bonchev–Trinajstić information content (AvgIpc) is 2.89. The lowest BCUT2D eigenvalue weighted by atomic mass is 9.82. The molecule has 4 atom stereocenters. The second-order valence-electron chi connectivity index (χ2n) is 11.3. The highest BCUT2D eigenvalue weighted by Gasteiger charge is 2.59. The predicted molar refractivity (Wildman–Crippen MR) is 154 cm³/mol. The molecule has 40 heavy (non-hydrogen) atoms. The molecule has 10 heteroatoms. The lowest BCUT2D eigenvalue weighted by Crippen LogP contribution is -2.59. The summed E-state index contributed by atoms with van der Waals surface area (Å²) in [5.74, 6) is -3.19. The van der Waals surface area contributed by atoms with Gasteiger partial charge in [-0.25, -0.2) is 18.0 Å². The van der Waals surface area contributed by atoms with Gasteiger partial charge in [0.05, 0.1) is 17.1 Å². The van der Waals surface area contributed by atoms with E-state index in [1.807, 2.05) is 44.2 Å². The molecule has 0 spiro atoms. The fraction of sp³-hybridized carbons (Fsp3) is 0.500. The molecule has 1 aliphatic rings. The molecule has 0 bridgehead atoms. The Hall–Kier alpha value is -3.24. The highest BCUT2D eigenvalue weighted by Crippen LogP contribution is 2.42. The predicted octanol–water partition coefficient (Wildman–Crippen LogP) is 3.75. The molecule has 0 fully saturated rings. The van der Waals surface area contributed by atoms with Gasteiger partial charge in [-0.05, 0) is 52.0 Å². The van der Waals surface area contributed by atoms with Crippen molar-refractivity contribution in [2.45, 2.75) is 82.6 Å². The fourth-order valence-corrected chi connectivity index (χ4v) is 6.55. The zero-order valence-electron chi connectivity index (χ0n) is 24.1. The van der Waals surface area contributed by atoms with Crippen molar-refractivity contribution in [2.24, 2.45) is 17.6 Å². The number of benzene rings is 1. The van der Waals surface area contributed by atoms with Gasteiger partial charge >= 0.3 is 11.9 Å². The van der Waals surface area contributed by atoms with Crippen LogP contribution >= 0.6 is 0 Å². The van der Waals surface area contributed by atoms with Crippen molar-refractivity contribution in [2.75, 3.05) is 0 Å². The van der Waals surface area contributed by atoms with Crippen molar-refractivity contribution in [3.8, 4) is 0 Å². The van der Waals surface area contributed by atoms with E-state index < -0.39 is 55.2 Å². The van der Waals surface area contributed by atoms with Crippen molar-refractivity contribution in [1.82, 2.24) is 5.32 Å². The Morgan fingerprint density at radius 1 is 1.12 bits per heavy atom. The number of rotatable bonds is 12. The lowest BCUT2D eigenvalue weighted by Gasteiger charge is -2.40. The number of carbonyl (C=O) groups excluding carboxylic acids is 3. The molecule has 0 aromatic heterocycles. The third-order valence-electron chi connectivity index (χ3n) is 6.61. The minimum atomic E-state index is -4.21. The van der Waals surface area contributed by atoms with E-state index in [1.165, 1.54) is 39.0 Å². The van der Waals surface area contributed by atoms with Crippen LogP contribution in [0.3, 0.4) is 0 Å². The first-order chi connectivity index (χ1) is 18.7. The summed E-state index contributed by atoms with van der Waals surface area (Å²) in [5.41, 5.74) is 7.09. The quantitative estimate of drug-likeness (QED) is 0.284. The molecule has 0 radical (unpaired) electrons. The van der Waals surface area contributed by atoms with E-state index in [0.29, 0.717) is 6.42 Å². The number of nitrogens with one attached hydrogen (secondary N) is 1. The molecule has 0 saturated heterocycles. The third-order valence-corrected chi connectivity index (χ3v) is 9.71. The second kappa shape index (κ2) is 13.9. The molecule has 9 nitrogen and oxygen atoms in total. The molecule has 0 heterocycles. The minimum Gasteiger partial charge on any atom is -0.459 e.